The fourth-order valence-corrected chi connectivity index (χ4v) is 5.05. The minimum absolute atomic E-state index is 0.133. The van der Waals surface area contributed by atoms with E-state index in [1.54, 1.807) is 24.6 Å². The largest absolute Gasteiger partial charge is 0.359 e. The standard InChI is InChI=1S/C21H21N5O3S2/c1-11-3-5-12(6-4-11)18(28)25-21-24-17-14(7-8-15(17)31-21)19(29)26-20-23-13(10-30-20)9-16(27)22-2/h3-6,10,14H,7-9H2,1-2H3,(H,22,27)(H,23,26,29)(H,24,25,28). The number of carbonyl (C=O) groups is 3. The van der Waals surface area contributed by atoms with Crippen LogP contribution in [0.2, 0.25) is 0 Å². The number of aromatic nitrogens is 2. The van der Waals surface area contributed by atoms with Crippen molar-refractivity contribution in [3.8, 4) is 0 Å². The van der Waals surface area contributed by atoms with Crippen LogP contribution in [0.25, 0.3) is 0 Å². The Morgan fingerprint density at radius 1 is 1.10 bits per heavy atom. The summed E-state index contributed by atoms with van der Waals surface area (Å²) >= 11 is 2.69. The van der Waals surface area contributed by atoms with Gasteiger partial charge in [0.1, 0.15) is 0 Å². The molecule has 0 saturated carbocycles. The van der Waals surface area contributed by atoms with Crippen LogP contribution in [0.4, 0.5) is 10.3 Å². The smallest absolute Gasteiger partial charge is 0.257 e. The number of rotatable bonds is 6. The number of hydrogen-bond acceptors (Lipinski definition) is 7. The minimum atomic E-state index is -0.387. The Bertz CT molecular complexity index is 1140. The van der Waals surface area contributed by atoms with Crippen molar-refractivity contribution in [3.05, 3.63) is 57.0 Å². The molecule has 10 heteroatoms. The van der Waals surface area contributed by atoms with Crippen molar-refractivity contribution in [1.29, 1.82) is 0 Å². The first-order chi connectivity index (χ1) is 14.9. The van der Waals surface area contributed by atoms with Gasteiger partial charge in [0, 0.05) is 22.9 Å². The molecule has 0 radical (unpaired) electrons. The van der Waals surface area contributed by atoms with Crippen LogP contribution >= 0.6 is 22.7 Å². The molecule has 1 atom stereocenters. The van der Waals surface area contributed by atoms with E-state index in [1.165, 1.54) is 22.7 Å². The summed E-state index contributed by atoms with van der Waals surface area (Å²) in [5, 5.41) is 10.9. The molecular weight excluding hydrogens is 434 g/mol. The molecule has 3 amide bonds. The number of nitrogens with one attached hydrogen (secondary N) is 3. The van der Waals surface area contributed by atoms with Crippen LogP contribution < -0.4 is 16.0 Å². The molecule has 0 bridgehead atoms. The first kappa shape index (κ1) is 21.1. The highest BCUT2D eigenvalue weighted by atomic mass is 32.1. The number of carbonyl (C=O) groups excluding carboxylic acids is 3. The van der Waals surface area contributed by atoms with Crippen molar-refractivity contribution < 1.29 is 14.4 Å². The topological polar surface area (TPSA) is 113 Å². The van der Waals surface area contributed by atoms with E-state index in [0.717, 1.165) is 16.9 Å². The number of hydrogen-bond donors (Lipinski definition) is 3. The van der Waals surface area contributed by atoms with Crippen LogP contribution in [-0.2, 0) is 22.4 Å². The monoisotopic (exact) mass is 455 g/mol. The first-order valence-electron chi connectivity index (χ1n) is 9.76. The van der Waals surface area contributed by atoms with Gasteiger partial charge in [-0.2, -0.15) is 0 Å². The molecule has 160 valence electrons. The zero-order valence-corrected chi connectivity index (χ0v) is 18.7. The maximum Gasteiger partial charge on any atom is 0.257 e. The van der Waals surface area contributed by atoms with Gasteiger partial charge in [0.2, 0.25) is 11.8 Å². The van der Waals surface area contributed by atoms with E-state index in [0.29, 0.717) is 33.6 Å². The molecule has 3 N–H and O–H groups in total. The van der Waals surface area contributed by atoms with Gasteiger partial charge in [-0.15, -0.1) is 22.7 Å². The lowest BCUT2D eigenvalue weighted by Gasteiger charge is -2.08. The fraction of sp³-hybridized carbons (Fsp3) is 0.286. The second-order valence-corrected chi connectivity index (χ2v) is 9.16. The minimum Gasteiger partial charge on any atom is -0.359 e. The molecule has 31 heavy (non-hydrogen) atoms. The van der Waals surface area contributed by atoms with Gasteiger partial charge in [-0.1, -0.05) is 17.7 Å². The van der Waals surface area contributed by atoms with Crippen molar-refractivity contribution in [2.45, 2.75) is 32.1 Å². The molecule has 0 fully saturated rings. The molecule has 2 heterocycles. The first-order valence-corrected chi connectivity index (χ1v) is 11.5. The summed E-state index contributed by atoms with van der Waals surface area (Å²) in [4.78, 5) is 46.6. The Labute approximate surface area is 187 Å². The van der Waals surface area contributed by atoms with E-state index in [2.05, 4.69) is 25.9 Å². The van der Waals surface area contributed by atoms with E-state index < -0.39 is 0 Å². The van der Waals surface area contributed by atoms with Crippen molar-refractivity contribution in [3.63, 3.8) is 0 Å². The quantitative estimate of drug-likeness (QED) is 0.529. The number of anilines is 2. The number of amides is 3. The summed E-state index contributed by atoms with van der Waals surface area (Å²) in [5.41, 5.74) is 2.97. The van der Waals surface area contributed by atoms with E-state index in [1.807, 2.05) is 19.1 Å². The SMILES string of the molecule is CNC(=O)Cc1csc(NC(=O)C2CCc3sc(NC(=O)c4ccc(C)cc4)nc32)n1. The third-order valence-electron chi connectivity index (χ3n) is 4.97. The second kappa shape index (κ2) is 8.94. The maximum absolute atomic E-state index is 12.8. The number of thiazole rings is 2. The molecule has 1 unspecified atom stereocenters. The summed E-state index contributed by atoms with van der Waals surface area (Å²) in [6, 6.07) is 7.31. The van der Waals surface area contributed by atoms with Crippen LogP contribution in [-0.4, -0.2) is 34.7 Å². The van der Waals surface area contributed by atoms with Gasteiger partial charge < -0.3 is 10.6 Å². The Kier molecular flexibility index (Phi) is 6.10. The molecule has 2 aromatic heterocycles. The summed E-state index contributed by atoms with van der Waals surface area (Å²) in [6.45, 7) is 1.96. The molecule has 0 saturated heterocycles. The van der Waals surface area contributed by atoms with Crippen LogP contribution in [0.5, 0.6) is 0 Å². The molecule has 0 spiro atoms. The van der Waals surface area contributed by atoms with Gasteiger partial charge >= 0.3 is 0 Å². The molecule has 1 aliphatic rings. The summed E-state index contributed by atoms with van der Waals surface area (Å²) in [6.07, 6.45) is 1.58. The number of nitrogens with zero attached hydrogens (tertiary/aromatic N) is 2. The Hall–Kier alpha value is -3.11. The van der Waals surface area contributed by atoms with Crippen LogP contribution in [0.3, 0.4) is 0 Å². The van der Waals surface area contributed by atoms with E-state index in [9.17, 15) is 14.4 Å². The molecule has 0 aliphatic heterocycles. The molecule has 4 rings (SSSR count). The Balaban J connectivity index is 1.41. The van der Waals surface area contributed by atoms with Crippen molar-refractivity contribution in [2.75, 3.05) is 17.7 Å². The predicted octanol–water partition coefficient (Wildman–Crippen LogP) is 3.12. The highest BCUT2D eigenvalue weighted by Crippen LogP contribution is 2.39. The summed E-state index contributed by atoms with van der Waals surface area (Å²) in [5.74, 6) is -0.921. The van der Waals surface area contributed by atoms with E-state index in [-0.39, 0.29) is 30.1 Å². The van der Waals surface area contributed by atoms with Crippen molar-refractivity contribution >= 4 is 50.7 Å². The fourth-order valence-electron chi connectivity index (χ4n) is 3.30. The molecule has 8 nitrogen and oxygen atoms in total. The predicted molar refractivity (Wildman–Crippen MR) is 121 cm³/mol. The molecular formula is C21H21N5O3S2. The lowest BCUT2D eigenvalue weighted by molar-refractivity contribution is -0.120. The molecule has 1 aliphatic carbocycles. The maximum atomic E-state index is 12.8. The Morgan fingerprint density at radius 2 is 1.87 bits per heavy atom. The number of fused-ring (bicyclic) bond motifs is 1. The average Bonchev–Trinajstić information content (AvgIpc) is 3.44. The highest BCUT2D eigenvalue weighted by molar-refractivity contribution is 7.16. The van der Waals surface area contributed by atoms with Gasteiger partial charge in [0.05, 0.1) is 23.7 Å². The average molecular weight is 456 g/mol. The van der Waals surface area contributed by atoms with E-state index >= 15 is 0 Å². The highest BCUT2D eigenvalue weighted by Gasteiger charge is 2.33. The molecule has 3 aromatic rings. The van der Waals surface area contributed by atoms with Gasteiger partial charge in [0.15, 0.2) is 10.3 Å². The van der Waals surface area contributed by atoms with Gasteiger partial charge in [0.25, 0.3) is 5.91 Å². The molecule has 1 aromatic carbocycles. The van der Waals surface area contributed by atoms with Crippen LogP contribution in [0.1, 0.15) is 44.5 Å². The van der Waals surface area contributed by atoms with Gasteiger partial charge in [-0.3, -0.25) is 19.7 Å². The lowest BCUT2D eigenvalue weighted by Crippen LogP contribution is -2.21. The number of likely N-dealkylation sites (N-methyl/N-ethyl adjacent to an activating group) is 1. The second-order valence-electron chi connectivity index (χ2n) is 7.22. The zero-order chi connectivity index (χ0) is 22.0. The third kappa shape index (κ3) is 4.80. The van der Waals surface area contributed by atoms with Gasteiger partial charge in [-0.05, 0) is 31.9 Å². The van der Waals surface area contributed by atoms with Crippen molar-refractivity contribution in [1.82, 2.24) is 15.3 Å². The van der Waals surface area contributed by atoms with Crippen LogP contribution in [0, 0.1) is 6.92 Å². The summed E-state index contributed by atoms with van der Waals surface area (Å²) in [7, 11) is 1.57. The number of benzene rings is 1. The normalized spacial score (nSPS) is 14.7. The van der Waals surface area contributed by atoms with E-state index in [4.69, 9.17) is 0 Å². The van der Waals surface area contributed by atoms with Crippen molar-refractivity contribution in [2.24, 2.45) is 0 Å². The lowest BCUT2D eigenvalue weighted by atomic mass is 10.1. The van der Waals surface area contributed by atoms with Gasteiger partial charge in [-0.25, -0.2) is 9.97 Å². The van der Waals surface area contributed by atoms with Crippen LogP contribution in [0.15, 0.2) is 29.6 Å². The third-order valence-corrected chi connectivity index (χ3v) is 6.82. The number of aryl methyl sites for hydroxylation is 2. The summed E-state index contributed by atoms with van der Waals surface area (Å²) < 4.78 is 0. The zero-order valence-electron chi connectivity index (χ0n) is 17.0. The Morgan fingerprint density at radius 3 is 2.61 bits per heavy atom.